The van der Waals surface area contributed by atoms with Crippen molar-refractivity contribution in [2.45, 2.75) is 26.3 Å². The van der Waals surface area contributed by atoms with Gasteiger partial charge < -0.3 is 4.90 Å². The summed E-state index contributed by atoms with van der Waals surface area (Å²) in [6.07, 6.45) is 0.707. The fourth-order valence-corrected chi connectivity index (χ4v) is 6.05. The van der Waals surface area contributed by atoms with Gasteiger partial charge in [-0.05, 0) is 32.4 Å². The minimum atomic E-state index is -2.89. The first-order valence-corrected chi connectivity index (χ1v) is 11.5. The molecule has 0 bridgehead atoms. The summed E-state index contributed by atoms with van der Waals surface area (Å²) in [5.74, 6) is 0.549. The zero-order chi connectivity index (χ0) is 19.9. The van der Waals surface area contributed by atoms with Crippen molar-refractivity contribution in [1.29, 1.82) is 0 Å². The molecule has 2 aliphatic heterocycles. The number of aromatic nitrogens is 2. The third-order valence-electron chi connectivity index (χ3n) is 5.83. The highest BCUT2D eigenvalue weighted by Gasteiger charge is 2.35. The second kappa shape index (κ2) is 7.33. The topological polar surface area (TPSA) is 75.5 Å². The number of aryl methyl sites for hydroxylation is 1. The van der Waals surface area contributed by atoms with Gasteiger partial charge in [0.25, 0.3) is 5.91 Å². The van der Waals surface area contributed by atoms with Gasteiger partial charge in [-0.2, -0.15) is 5.10 Å². The van der Waals surface area contributed by atoms with E-state index in [0.29, 0.717) is 25.1 Å². The van der Waals surface area contributed by atoms with E-state index in [9.17, 15) is 13.2 Å². The molecule has 28 heavy (non-hydrogen) atoms. The number of amides is 1. The summed E-state index contributed by atoms with van der Waals surface area (Å²) in [6, 6.07) is 9.91. The zero-order valence-electron chi connectivity index (χ0n) is 16.3. The SMILES string of the molecule is Cc1nn(-c2ccccc2)c(C)c1C(=O)N1CCN([C@@H]2CCS(=O)(=O)C2)CC1. The van der Waals surface area contributed by atoms with Crippen LogP contribution in [0, 0.1) is 13.8 Å². The molecule has 1 aromatic heterocycles. The Morgan fingerprint density at radius 1 is 1.07 bits per heavy atom. The van der Waals surface area contributed by atoms with Crippen LogP contribution in [0.1, 0.15) is 28.2 Å². The minimum Gasteiger partial charge on any atom is -0.336 e. The minimum absolute atomic E-state index is 0.0101. The quantitative estimate of drug-likeness (QED) is 0.777. The molecule has 0 aliphatic carbocycles. The van der Waals surface area contributed by atoms with Gasteiger partial charge in [0.15, 0.2) is 9.84 Å². The Kier molecular flexibility index (Phi) is 5.01. The van der Waals surface area contributed by atoms with Gasteiger partial charge in [-0.3, -0.25) is 9.69 Å². The number of nitrogens with zero attached hydrogens (tertiary/aromatic N) is 4. The van der Waals surface area contributed by atoms with Crippen molar-refractivity contribution in [2.24, 2.45) is 0 Å². The zero-order valence-corrected chi connectivity index (χ0v) is 17.2. The molecule has 0 radical (unpaired) electrons. The third kappa shape index (κ3) is 3.58. The maximum Gasteiger partial charge on any atom is 0.257 e. The summed E-state index contributed by atoms with van der Waals surface area (Å²) in [4.78, 5) is 17.3. The van der Waals surface area contributed by atoms with Crippen LogP contribution in [-0.4, -0.2) is 77.6 Å². The second-order valence-corrected chi connectivity index (χ2v) is 9.91. The third-order valence-corrected chi connectivity index (χ3v) is 7.58. The van der Waals surface area contributed by atoms with Gasteiger partial charge >= 0.3 is 0 Å². The molecule has 0 spiro atoms. The summed E-state index contributed by atoms with van der Waals surface area (Å²) in [5, 5.41) is 4.58. The van der Waals surface area contributed by atoms with Crippen molar-refractivity contribution in [3.05, 3.63) is 47.3 Å². The number of carbonyl (C=O) groups excluding carboxylic acids is 1. The second-order valence-electron chi connectivity index (χ2n) is 7.68. The summed E-state index contributed by atoms with van der Waals surface area (Å²) in [5.41, 5.74) is 3.18. The largest absolute Gasteiger partial charge is 0.336 e. The van der Waals surface area contributed by atoms with E-state index in [2.05, 4.69) is 10.00 Å². The Balaban J connectivity index is 1.47. The first kappa shape index (κ1) is 19.1. The molecular formula is C20H26N4O3S. The first-order valence-electron chi connectivity index (χ1n) is 9.71. The molecular weight excluding hydrogens is 376 g/mol. The fraction of sp³-hybridized carbons (Fsp3) is 0.500. The van der Waals surface area contributed by atoms with Crippen LogP contribution in [0.25, 0.3) is 5.69 Å². The number of piperazine rings is 1. The van der Waals surface area contributed by atoms with Gasteiger partial charge in [0.1, 0.15) is 0 Å². The molecule has 0 N–H and O–H groups in total. The summed E-state index contributed by atoms with van der Waals surface area (Å²) < 4.78 is 25.3. The average Bonchev–Trinajstić information content (AvgIpc) is 3.20. The molecule has 7 nitrogen and oxygen atoms in total. The van der Waals surface area contributed by atoms with Crippen LogP contribution < -0.4 is 0 Å². The average molecular weight is 403 g/mol. The highest BCUT2D eigenvalue weighted by Crippen LogP contribution is 2.22. The van der Waals surface area contributed by atoms with Crippen molar-refractivity contribution in [3.8, 4) is 5.69 Å². The van der Waals surface area contributed by atoms with E-state index in [4.69, 9.17) is 0 Å². The van der Waals surface area contributed by atoms with Crippen molar-refractivity contribution in [3.63, 3.8) is 0 Å². The van der Waals surface area contributed by atoms with Crippen LogP contribution in [0.4, 0.5) is 0 Å². The molecule has 1 amide bonds. The van der Waals surface area contributed by atoms with Crippen LogP contribution >= 0.6 is 0 Å². The molecule has 2 fully saturated rings. The highest BCUT2D eigenvalue weighted by atomic mass is 32.2. The summed E-state index contributed by atoms with van der Waals surface area (Å²) >= 11 is 0. The van der Waals surface area contributed by atoms with Crippen LogP contribution in [0.3, 0.4) is 0 Å². The van der Waals surface area contributed by atoms with E-state index < -0.39 is 9.84 Å². The number of hydrogen-bond donors (Lipinski definition) is 0. The molecule has 0 saturated carbocycles. The molecule has 4 rings (SSSR count). The van der Waals surface area contributed by atoms with Crippen LogP contribution in [0.5, 0.6) is 0 Å². The lowest BCUT2D eigenvalue weighted by molar-refractivity contribution is 0.0586. The molecule has 2 saturated heterocycles. The molecule has 2 aromatic rings. The molecule has 1 aromatic carbocycles. The summed E-state index contributed by atoms with van der Waals surface area (Å²) in [6.45, 7) is 6.47. The van der Waals surface area contributed by atoms with Gasteiger partial charge in [-0.1, -0.05) is 18.2 Å². The van der Waals surface area contributed by atoms with Gasteiger partial charge in [0.2, 0.25) is 0 Å². The number of hydrogen-bond acceptors (Lipinski definition) is 5. The Hall–Kier alpha value is -2.19. The van der Waals surface area contributed by atoms with Gasteiger partial charge in [-0.15, -0.1) is 0 Å². The normalized spacial score (nSPS) is 22.5. The van der Waals surface area contributed by atoms with Gasteiger partial charge in [-0.25, -0.2) is 13.1 Å². The van der Waals surface area contributed by atoms with Gasteiger partial charge in [0.05, 0.1) is 34.1 Å². The van der Waals surface area contributed by atoms with Crippen molar-refractivity contribution >= 4 is 15.7 Å². The van der Waals surface area contributed by atoms with E-state index in [1.165, 1.54) is 0 Å². The predicted octanol–water partition coefficient (Wildman–Crippen LogP) is 1.43. The maximum atomic E-state index is 13.2. The fourth-order valence-electron chi connectivity index (χ4n) is 4.28. The lowest BCUT2D eigenvalue weighted by Gasteiger charge is -2.37. The lowest BCUT2D eigenvalue weighted by atomic mass is 10.1. The first-order chi connectivity index (χ1) is 13.4. The van der Waals surface area contributed by atoms with Crippen molar-refractivity contribution < 1.29 is 13.2 Å². The molecule has 1 atom stereocenters. The van der Waals surface area contributed by atoms with E-state index >= 15 is 0 Å². The number of sulfone groups is 1. The lowest BCUT2D eigenvalue weighted by Crippen LogP contribution is -2.52. The number of rotatable bonds is 3. The Bertz CT molecular complexity index is 976. The van der Waals surface area contributed by atoms with Crippen molar-refractivity contribution in [1.82, 2.24) is 19.6 Å². The molecule has 150 valence electrons. The Labute approximate surface area is 165 Å². The van der Waals surface area contributed by atoms with E-state index in [0.717, 1.165) is 30.2 Å². The highest BCUT2D eigenvalue weighted by molar-refractivity contribution is 7.91. The van der Waals surface area contributed by atoms with E-state index in [1.54, 1.807) is 0 Å². The predicted molar refractivity (Wildman–Crippen MR) is 108 cm³/mol. The molecule has 8 heteroatoms. The maximum absolute atomic E-state index is 13.2. The Morgan fingerprint density at radius 3 is 2.36 bits per heavy atom. The molecule has 0 unspecified atom stereocenters. The van der Waals surface area contributed by atoms with E-state index in [-0.39, 0.29) is 23.5 Å². The standard InChI is InChI=1S/C20H26N4O3S/c1-15-19(16(2)24(21-15)17-6-4-3-5-7-17)20(25)23-11-9-22(10-12-23)18-8-13-28(26,27)14-18/h3-7,18H,8-14H2,1-2H3/t18-/m1/s1. The Morgan fingerprint density at radius 2 is 1.75 bits per heavy atom. The number of para-hydroxylation sites is 1. The van der Waals surface area contributed by atoms with Crippen LogP contribution in [-0.2, 0) is 9.84 Å². The number of carbonyl (C=O) groups is 1. The summed E-state index contributed by atoms with van der Waals surface area (Å²) in [7, 11) is -2.89. The molecule has 2 aliphatic rings. The number of benzene rings is 1. The van der Waals surface area contributed by atoms with Crippen LogP contribution in [0.2, 0.25) is 0 Å². The monoisotopic (exact) mass is 402 g/mol. The molecule has 3 heterocycles. The van der Waals surface area contributed by atoms with Crippen molar-refractivity contribution in [2.75, 3.05) is 37.7 Å². The van der Waals surface area contributed by atoms with Gasteiger partial charge in [0, 0.05) is 32.2 Å². The van der Waals surface area contributed by atoms with Crippen LogP contribution in [0.15, 0.2) is 30.3 Å². The van der Waals surface area contributed by atoms with E-state index in [1.807, 2.05) is 53.8 Å². The smallest absolute Gasteiger partial charge is 0.257 e.